The van der Waals surface area contributed by atoms with E-state index in [0.29, 0.717) is 28.0 Å². The van der Waals surface area contributed by atoms with E-state index in [1.807, 2.05) is 0 Å². The normalized spacial score (nSPS) is 10.4. The molecule has 0 N–H and O–H groups in total. The van der Waals surface area contributed by atoms with Crippen molar-refractivity contribution in [3.8, 4) is 5.75 Å². The van der Waals surface area contributed by atoms with Crippen molar-refractivity contribution in [2.24, 2.45) is 5.11 Å². The molecule has 0 amide bonds. The Morgan fingerprint density at radius 2 is 1.87 bits per heavy atom. The SMILES string of the molecule is COC(=O)CCC(=O)Cc1cc(=O)oc2cc(OCc3ccc(N=[N+]=[N-])cc3)ccc12. The third-order valence-electron chi connectivity index (χ3n) is 4.53. The van der Waals surface area contributed by atoms with Gasteiger partial charge in [-0.05, 0) is 28.8 Å². The number of methoxy groups -OCH3 is 1. The zero-order chi connectivity index (χ0) is 22.2. The first-order valence-corrected chi connectivity index (χ1v) is 9.40. The van der Waals surface area contributed by atoms with E-state index in [1.54, 1.807) is 42.5 Å². The Morgan fingerprint density at radius 3 is 2.58 bits per heavy atom. The molecule has 0 spiro atoms. The maximum Gasteiger partial charge on any atom is 0.336 e. The summed E-state index contributed by atoms with van der Waals surface area (Å²) in [7, 11) is 1.26. The van der Waals surface area contributed by atoms with Gasteiger partial charge in [0, 0.05) is 41.0 Å². The number of hydrogen-bond donors (Lipinski definition) is 0. The van der Waals surface area contributed by atoms with Gasteiger partial charge >= 0.3 is 11.6 Å². The molecule has 158 valence electrons. The quantitative estimate of drug-likeness (QED) is 0.166. The number of nitrogens with zero attached hydrogens (tertiary/aromatic N) is 3. The van der Waals surface area contributed by atoms with Gasteiger partial charge in [-0.3, -0.25) is 9.59 Å². The van der Waals surface area contributed by atoms with E-state index in [0.717, 1.165) is 5.56 Å². The molecule has 3 aromatic rings. The number of fused-ring (bicyclic) bond motifs is 1. The third-order valence-corrected chi connectivity index (χ3v) is 4.53. The summed E-state index contributed by atoms with van der Waals surface area (Å²) in [6.45, 7) is 0.262. The number of ether oxygens (including phenoxy) is 2. The zero-order valence-corrected chi connectivity index (χ0v) is 16.7. The predicted octanol–water partition coefficient (Wildman–Crippen LogP) is 4.38. The second kappa shape index (κ2) is 10.1. The van der Waals surface area contributed by atoms with Crippen molar-refractivity contribution in [2.45, 2.75) is 25.9 Å². The Bertz CT molecular complexity index is 1210. The van der Waals surface area contributed by atoms with E-state index in [1.165, 1.54) is 13.2 Å². The van der Waals surface area contributed by atoms with E-state index in [2.05, 4.69) is 14.8 Å². The molecule has 0 bridgehead atoms. The molecule has 1 aromatic heterocycles. The highest BCUT2D eigenvalue weighted by Gasteiger charge is 2.13. The zero-order valence-electron chi connectivity index (χ0n) is 16.7. The molecule has 1 heterocycles. The van der Waals surface area contributed by atoms with Gasteiger partial charge in [0.25, 0.3) is 0 Å². The molecule has 0 unspecified atom stereocenters. The Kier molecular flexibility index (Phi) is 7.03. The van der Waals surface area contributed by atoms with E-state index >= 15 is 0 Å². The number of rotatable bonds is 9. The Morgan fingerprint density at radius 1 is 1.10 bits per heavy atom. The minimum Gasteiger partial charge on any atom is -0.489 e. The smallest absolute Gasteiger partial charge is 0.336 e. The van der Waals surface area contributed by atoms with Gasteiger partial charge < -0.3 is 13.9 Å². The van der Waals surface area contributed by atoms with Crippen LogP contribution in [-0.2, 0) is 27.4 Å². The van der Waals surface area contributed by atoms with Crippen molar-refractivity contribution in [3.05, 3.63) is 80.5 Å². The Labute approximate surface area is 176 Å². The number of ketones is 1. The Balaban J connectivity index is 1.73. The van der Waals surface area contributed by atoms with Crippen LogP contribution in [0.3, 0.4) is 0 Å². The number of benzene rings is 2. The number of hydrogen-bond acceptors (Lipinski definition) is 7. The fourth-order valence-electron chi connectivity index (χ4n) is 2.97. The Hall–Kier alpha value is -4.10. The van der Waals surface area contributed by atoms with Gasteiger partial charge in [0.1, 0.15) is 23.7 Å². The van der Waals surface area contributed by atoms with E-state index < -0.39 is 11.6 Å². The maximum absolute atomic E-state index is 12.2. The minimum atomic E-state index is -0.575. The van der Waals surface area contributed by atoms with Gasteiger partial charge in [-0.15, -0.1) is 0 Å². The molecule has 0 aliphatic carbocycles. The maximum atomic E-state index is 12.2. The van der Waals surface area contributed by atoms with Gasteiger partial charge in [-0.2, -0.15) is 0 Å². The third kappa shape index (κ3) is 5.94. The molecule has 0 fully saturated rings. The average Bonchev–Trinajstić information content (AvgIpc) is 2.76. The summed E-state index contributed by atoms with van der Waals surface area (Å²) in [4.78, 5) is 38.1. The van der Waals surface area contributed by atoms with Crippen molar-refractivity contribution in [2.75, 3.05) is 7.11 Å². The highest BCUT2D eigenvalue weighted by Crippen LogP contribution is 2.24. The summed E-state index contributed by atoms with van der Waals surface area (Å²) in [5.74, 6) is -0.147. The summed E-state index contributed by atoms with van der Waals surface area (Å²) in [5, 5.41) is 4.13. The van der Waals surface area contributed by atoms with Crippen LogP contribution in [0.1, 0.15) is 24.0 Å². The van der Waals surface area contributed by atoms with Crippen molar-refractivity contribution in [1.82, 2.24) is 0 Å². The lowest BCUT2D eigenvalue weighted by atomic mass is 10.0. The summed E-state index contributed by atoms with van der Waals surface area (Å²) in [6.07, 6.45) is 0.0431. The number of azide groups is 1. The van der Waals surface area contributed by atoms with Crippen LogP contribution in [0.2, 0.25) is 0 Å². The lowest BCUT2D eigenvalue weighted by molar-refractivity contribution is -0.141. The van der Waals surface area contributed by atoms with Crippen molar-refractivity contribution < 1.29 is 23.5 Å². The van der Waals surface area contributed by atoms with Crippen molar-refractivity contribution in [1.29, 1.82) is 0 Å². The molecule has 0 saturated heterocycles. The summed E-state index contributed by atoms with van der Waals surface area (Å²) in [5.41, 5.74) is 10.1. The van der Waals surface area contributed by atoms with Crippen LogP contribution < -0.4 is 10.4 Å². The lowest BCUT2D eigenvalue weighted by Gasteiger charge is -2.09. The van der Waals surface area contributed by atoms with E-state index in [4.69, 9.17) is 14.7 Å². The second-order valence-electron chi connectivity index (χ2n) is 6.68. The van der Waals surface area contributed by atoms with Crippen LogP contribution >= 0.6 is 0 Å². The summed E-state index contributed by atoms with van der Waals surface area (Å²) in [6, 6.07) is 13.2. The van der Waals surface area contributed by atoms with Gasteiger partial charge in [0.05, 0.1) is 13.5 Å². The molecule has 9 heteroatoms. The van der Waals surface area contributed by atoms with Crippen LogP contribution in [0.5, 0.6) is 5.75 Å². The predicted molar refractivity (Wildman–Crippen MR) is 112 cm³/mol. The standard InChI is InChI=1S/C22H19N3O6/c1-29-21(27)9-6-17(26)10-15-11-22(28)31-20-12-18(7-8-19(15)20)30-13-14-2-4-16(5-3-14)24-25-23/h2-5,7-8,11-12H,6,9-10,13H2,1H3. The lowest BCUT2D eigenvalue weighted by Crippen LogP contribution is -2.10. The van der Waals surface area contributed by atoms with Crippen LogP contribution in [0, 0.1) is 0 Å². The monoisotopic (exact) mass is 421 g/mol. The van der Waals surface area contributed by atoms with E-state index in [9.17, 15) is 14.4 Å². The topological polar surface area (TPSA) is 132 Å². The molecule has 2 aromatic carbocycles. The van der Waals surface area contributed by atoms with E-state index in [-0.39, 0.29) is 31.7 Å². The van der Waals surface area contributed by atoms with Crippen LogP contribution in [-0.4, -0.2) is 18.9 Å². The molecule has 31 heavy (non-hydrogen) atoms. The van der Waals surface area contributed by atoms with Gasteiger partial charge in [0.2, 0.25) is 0 Å². The molecule has 9 nitrogen and oxygen atoms in total. The highest BCUT2D eigenvalue weighted by molar-refractivity contribution is 5.90. The van der Waals surface area contributed by atoms with Gasteiger partial charge in [0.15, 0.2) is 0 Å². The summed E-state index contributed by atoms with van der Waals surface area (Å²) < 4.78 is 15.6. The molecule has 0 radical (unpaired) electrons. The molecule has 0 atom stereocenters. The van der Waals surface area contributed by atoms with Crippen LogP contribution in [0.4, 0.5) is 5.69 Å². The van der Waals surface area contributed by atoms with Gasteiger partial charge in [-0.1, -0.05) is 29.4 Å². The summed E-state index contributed by atoms with van der Waals surface area (Å²) >= 11 is 0. The number of carbonyl (C=O) groups excluding carboxylic acids is 2. The van der Waals surface area contributed by atoms with Gasteiger partial charge in [-0.25, -0.2) is 4.79 Å². The van der Waals surface area contributed by atoms with Crippen LogP contribution in [0.25, 0.3) is 21.4 Å². The first-order chi connectivity index (χ1) is 15.0. The first-order valence-electron chi connectivity index (χ1n) is 9.40. The van der Waals surface area contributed by atoms with Crippen molar-refractivity contribution >= 4 is 28.4 Å². The molecule has 0 aliphatic heterocycles. The number of esters is 1. The fraction of sp³-hybridized carbons (Fsp3) is 0.227. The average molecular weight is 421 g/mol. The first kappa shape index (κ1) is 21.6. The van der Waals surface area contributed by atoms with Crippen LogP contribution in [0.15, 0.2) is 62.9 Å². The van der Waals surface area contributed by atoms with Crippen molar-refractivity contribution in [3.63, 3.8) is 0 Å². The number of carbonyl (C=O) groups is 2. The molecule has 0 aliphatic rings. The highest BCUT2D eigenvalue weighted by atomic mass is 16.5. The fourth-order valence-corrected chi connectivity index (χ4v) is 2.97. The number of Topliss-reactive ketones (excluding diaryl/α,β-unsaturated/α-hetero) is 1. The second-order valence-corrected chi connectivity index (χ2v) is 6.68. The molecular weight excluding hydrogens is 402 g/mol. The molecule has 3 rings (SSSR count). The molecule has 0 saturated carbocycles. The largest absolute Gasteiger partial charge is 0.489 e. The minimum absolute atomic E-state index is 0.00344. The molecular formula is C22H19N3O6.